The van der Waals surface area contributed by atoms with Gasteiger partial charge in [0.25, 0.3) is 5.17 Å². The first-order chi connectivity index (χ1) is 22.0. The first kappa shape index (κ1) is 30.9. The summed E-state index contributed by atoms with van der Waals surface area (Å²) in [6.07, 6.45) is -0.702. The largest absolute Gasteiger partial charge is 0.414 e. The van der Waals surface area contributed by atoms with Gasteiger partial charge in [0.2, 0.25) is 0 Å². The molecule has 0 spiro atoms. The average Bonchev–Trinajstić information content (AvgIpc) is 3.38. The van der Waals surface area contributed by atoms with Crippen LogP contribution in [0.1, 0.15) is 34.6 Å². The molecule has 9 heteroatoms. The number of aliphatic hydroxyl groups excluding tert-OH is 1. The molecule has 0 bridgehead atoms. The van der Waals surface area contributed by atoms with E-state index in [1.807, 2.05) is 54.6 Å². The van der Waals surface area contributed by atoms with Crippen molar-refractivity contribution >= 4 is 23.5 Å². The molecule has 1 fully saturated rings. The van der Waals surface area contributed by atoms with Crippen molar-refractivity contribution in [1.82, 2.24) is 10.6 Å². The van der Waals surface area contributed by atoms with Gasteiger partial charge in [-0.2, -0.15) is 0 Å². The van der Waals surface area contributed by atoms with Crippen LogP contribution in [0.15, 0.2) is 103 Å². The molecule has 4 aromatic rings. The summed E-state index contributed by atoms with van der Waals surface area (Å²) in [4.78, 5) is 13.0. The molecule has 3 N–H and O–H groups in total. The second-order valence-electron chi connectivity index (χ2n) is 11.4. The van der Waals surface area contributed by atoms with Gasteiger partial charge in [0.05, 0.1) is 31.5 Å². The molecule has 1 saturated heterocycles. The zero-order chi connectivity index (χ0) is 31.2. The number of thiocarbonyl (C=S) groups is 1. The second-order valence-corrected chi connectivity index (χ2v) is 11.8. The molecular weight excluding hydrogens is 591 g/mol. The summed E-state index contributed by atoms with van der Waals surface area (Å²) in [5.74, 6) is -1.05. The van der Waals surface area contributed by atoms with Crippen LogP contribution < -0.4 is 10.6 Å². The third kappa shape index (κ3) is 6.62. The highest BCUT2D eigenvalue weighted by molar-refractivity contribution is 7.80. The lowest BCUT2D eigenvalue weighted by atomic mass is 9.74. The molecule has 1 aliphatic carbocycles. The lowest BCUT2D eigenvalue weighted by molar-refractivity contribution is -0.112. The Labute approximate surface area is 267 Å². The Hall–Kier alpha value is -4.15. The molecule has 4 aromatic carbocycles. The molecule has 1 aliphatic heterocycles. The Kier molecular flexibility index (Phi) is 9.51. The van der Waals surface area contributed by atoms with Gasteiger partial charge in [-0.15, -0.1) is 0 Å². The van der Waals surface area contributed by atoms with E-state index in [1.165, 1.54) is 6.07 Å². The maximum Gasteiger partial charge on any atom is 0.414 e. The van der Waals surface area contributed by atoms with E-state index in [0.29, 0.717) is 26.2 Å². The average molecular weight is 627 g/mol. The summed E-state index contributed by atoms with van der Waals surface area (Å²) < 4.78 is 32.9. The van der Waals surface area contributed by atoms with Crippen LogP contribution in [0, 0.1) is 11.7 Å². The summed E-state index contributed by atoms with van der Waals surface area (Å²) in [7, 11) is 0. The first-order valence-corrected chi connectivity index (χ1v) is 15.4. The van der Waals surface area contributed by atoms with Crippen molar-refractivity contribution in [2.24, 2.45) is 5.92 Å². The lowest BCUT2D eigenvalue weighted by Gasteiger charge is -2.46. The fraction of sp³-hybridized carbons (Fsp3) is 0.278. The van der Waals surface area contributed by atoms with Crippen LogP contribution >= 0.6 is 12.2 Å². The molecule has 7 nitrogen and oxygen atoms in total. The maximum atomic E-state index is 15.3. The van der Waals surface area contributed by atoms with Gasteiger partial charge in [0, 0.05) is 30.6 Å². The molecule has 232 valence electrons. The number of hydrogen-bond acceptors (Lipinski definition) is 6. The third-order valence-electron chi connectivity index (χ3n) is 8.70. The quantitative estimate of drug-likeness (QED) is 0.195. The van der Waals surface area contributed by atoms with E-state index in [1.54, 1.807) is 18.2 Å². The van der Waals surface area contributed by atoms with Gasteiger partial charge in [0.1, 0.15) is 5.82 Å². The molecule has 6 rings (SSSR count). The highest BCUT2D eigenvalue weighted by Crippen LogP contribution is 2.44. The molecule has 0 unspecified atom stereocenters. The van der Waals surface area contributed by atoms with E-state index in [-0.39, 0.29) is 36.0 Å². The van der Waals surface area contributed by atoms with Crippen molar-refractivity contribution in [1.29, 1.82) is 0 Å². The molecule has 1 heterocycles. The molecule has 45 heavy (non-hydrogen) atoms. The Bertz CT molecular complexity index is 1610. The molecule has 1 amide bonds. The molecule has 3 atom stereocenters. The lowest BCUT2D eigenvalue weighted by Crippen LogP contribution is -2.60. The zero-order valence-electron chi connectivity index (χ0n) is 24.7. The van der Waals surface area contributed by atoms with Crippen LogP contribution in [0.4, 0.5) is 9.18 Å². The Morgan fingerprint density at radius 1 is 0.933 bits per heavy atom. The Morgan fingerprint density at radius 2 is 1.58 bits per heavy atom. The fourth-order valence-corrected chi connectivity index (χ4v) is 6.76. The number of nitrogens with one attached hydrogen (secondary N) is 2. The second kappa shape index (κ2) is 13.9. The maximum absolute atomic E-state index is 15.3. The highest BCUT2D eigenvalue weighted by atomic mass is 32.1. The predicted molar refractivity (Wildman–Crippen MR) is 173 cm³/mol. The number of hydrogen-bond donors (Lipinski definition) is 3. The van der Waals surface area contributed by atoms with E-state index in [4.69, 9.17) is 26.4 Å². The summed E-state index contributed by atoms with van der Waals surface area (Å²) in [6.45, 7) is 0.719. The van der Waals surface area contributed by atoms with Crippen LogP contribution in [0.2, 0.25) is 0 Å². The Morgan fingerprint density at radius 3 is 2.27 bits per heavy atom. The number of benzene rings is 4. The first-order valence-electron chi connectivity index (χ1n) is 15.0. The van der Waals surface area contributed by atoms with E-state index < -0.39 is 23.4 Å². The number of alkyl carbamates (subject to hydrolysis) is 1. The number of carbonyl (C=O) groups is 1. The van der Waals surface area contributed by atoms with Crippen LogP contribution in [-0.4, -0.2) is 48.8 Å². The molecule has 0 radical (unpaired) electrons. The highest BCUT2D eigenvalue weighted by Gasteiger charge is 2.48. The van der Waals surface area contributed by atoms with Crippen LogP contribution in [-0.2, 0) is 26.4 Å². The van der Waals surface area contributed by atoms with Gasteiger partial charge in [-0.05, 0) is 52.5 Å². The fourth-order valence-electron chi connectivity index (χ4n) is 6.50. The third-order valence-corrected chi connectivity index (χ3v) is 8.89. The van der Waals surface area contributed by atoms with Crippen molar-refractivity contribution in [3.05, 3.63) is 131 Å². The molecular formula is C36H35FN2O5S. The monoisotopic (exact) mass is 626 g/mol. The zero-order valence-corrected chi connectivity index (χ0v) is 25.5. The number of ether oxygens (including phenoxy) is 3. The van der Waals surface area contributed by atoms with Gasteiger partial charge in [-0.3, -0.25) is 0 Å². The minimum atomic E-state index is -1.28. The molecule has 0 saturated carbocycles. The summed E-state index contributed by atoms with van der Waals surface area (Å²) in [5.41, 5.74) is 4.57. The van der Waals surface area contributed by atoms with E-state index in [0.717, 1.165) is 27.8 Å². The van der Waals surface area contributed by atoms with Gasteiger partial charge in [-0.1, -0.05) is 97.1 Å². The van der Waals surface area contributed by atoms with Crippen molar-refractivity contribution in [2.45, 2.75) is 30.6 Å². The van der Waals surface area contributed by atoms with Gasteiger partial charge in [-0.25, -0.2) is 9.18 Å². The van der Waals surface area contributed by atoms with E-state index >= 15 is 4.39 Å². The number of halogens is 1. The van der Waals surface area contributed by atoms with Crippen molar-refractivity contribution in [2.75, 3.05) is 26.4 Å². The van der Waals surface area contributed by atoms with E-state index in [2.05, 4.69) is 34.9 Å². The number of rotatable bonds is 9. The Balaban J connectivity index is 1.12. The van der Waals surface area contributed by atoms with Crippen LogP contribution in [0.5, 0.6) is 0 Å². The smallest absolute Gasteiger partial charge is 0.396 e. The summed E-state index contributed by atoms with van der Waals surface area (Å²) >= 11 is 5.48. The SMILES string of the molecule is O=C(NCC1c2ccccc2-c2ccccc21)OC(=S)N[C@@]1(c2ccccc2F)CO[C@@H](COCc2ccccc2)C[C@H]1CO. The van der Waals surface area contributed by atoms with Crippen molar-refractivity contribution in [3.63, 3.8) is 0 Å². The normalized spacial score (nSPS) is 20.6. The number of carbonyl (C=O) groups excluding carboxylic acids is 1. The summed E-state index contributed by atoms with van der Waals surface area (Å²) in [5, 5.41) is 16.2. The predicted octanol–water partition coefficient (Wildman–Crippen LogP) is 6.05. The standard InChI is InChI=1S/C36H35FN2O5S/c37-33-17-9-8-16-32(33)36(23-43-26(18-25(36)20-40)22-42-21-24-10-2-1-3-11-24)39-35(45)44-34(41)38-19-31-29-14-6-4-12-27(29)28-13-5-7-15-30(28)31/h1-17,25-26,31,40H,18-23H2,(H,38,41)(H,39,45)/t25-,26+,36-/m0/s1. The van der Waals surface area contributed by atoms with Crippen LogP contribution in [0.25, 0.3) is 11.1 Å². The van der Waals surface area contributed by atoms with Crippen LogP contribution in [0.3, 0.4) is 0 Å². The van der Waals surface area contributed by atoms with Crippen molar-refractivity contribution < 1.29 is 28.5 Å². The topological polar surface area (TPSA) is 89.1 Å². The van der Waals surface area contributed by atoms with Gasteiger partial charge in [0.15, 0.2) is 0 Å². The minimum absolute atomic E-state index is 0.0285. The van der Waals surface area contributed by atoms with Gasteiger partial charge < -0.3 is 30.0 Å². The van der Waals surface area contributed by atoms with E-state index in [9.17, 15) is 9.90 Å². The molecule has 0 aromatic heterocycles. The molecule has 2 aliphatic rings. The number of aliphatic hydroxyl groups is 1. The number of fused-ring (bicyclic) bond motifs is 3. The van der Waals surface area contributed by atoms with Crippen molar-refractivity contribution in [3.8, 4) is 11.1 Å². The minimum Gasteiger partial charge on any atom is -0.396 e. The summed E-state index contributed by atoms with van der Waals surface area (Å²) in [6, 6.07) is 32.3. The number of amides is 1. The van der Waals surface area contributed by atoms with Gasteiger partial charge >= 0.3 is 6.09 Å².